The average Bonchev–Trinajstić information content (AvgIpc) is 2.75. The van der Waals surface area contributed by atoms with E-state index in [1.54, 1.807) is 12.1 Å². The number of carbonyl (C=O) groups is 2. The van der Waals surface area contributed by atoms with Crippen LogP contribution in [0.2, 0.25) is 0 Å². The van der Waals surface area contributed by atoms with Crippen LogP contribution >= 0.6 is 0 Å². The lowest BCUT2D eigenvalue weighted by atomic mass is 9.83. The molecule has 8 nitrogen and oxygen atoms in total. The first-order valence-electron chi connectivity index (χ1n) is 8.55. The third-order valence-corrected chi connectivity index (χ3v) is 6.08. The summed E-state index contributed by atoms with van der Waals surface area (Å²) in [4.78, 5) is 25.3. The molecule has 0 heterocycles. The molecule has 0 radical (unpaired) electrons. The number of anilines is 1. The number of nitrogens with zero attached hydrogens (tertiary/aromatic N) is 1. The topological polar surface area (TPSA) is 145 Å². The number of phenols is 2. The van der Waals surface area contributed by atoms with E-state index in [1.807, 2.05) is 6.07 Å². The highest BCUT2D eigenvalue weighted by Crippen LogP contribution is 2.43. The van der Waals surface area contributed by atoms with Gasteiger partial charge in [0.25, 0.3) is 10.0 Å². The second-order valence-corrected chi connectivity index (χ2v) is 8.17. The van der Waals surface area contributed by atoms with Gasteiger partial charge in [0, 0.05) is 16.7 Å². The van der Waals surface area contributed by atoms with Gasteiger partial charge in [0.15, 0.2) is 23.1 Å². The third kappa shape index (κ3) is 2.87. The van der Waals surface area contributed by atoms with Gasteiger partial charge in [0.1, 0.15) is 0 Å². The fraction of sp³-hybridized carbons (Fsp3) is 0. The summed E-state index contributed by atoms with van der Waals surface area (Å²) in [6.45, 7) is 0. The van der Waals surface area contributed by atoms with Gasteiger partial charge in [-0.05, 0) is 30.3 Å². The predicted molar refractivity (Wildman–Crippen MR) is 105 cm³/mol. The van der Waals surface area contributed by atoms with E-state index in [2.05, 4.69) is 4.72 Å². The van der Waals surface area contributed by atoms with Crippen molar-refractivity contribution in [3.63, 3.8) is 0 Å². The highest BCUT2D eigenvalue weighted by atomic mass is 32.2. The molecule has 3 aromatic carbocycles. The van der Waals surface area contributed by atoms with Crippen molar-refractivity contribution in [2.24, 2.45) is 0 Å². The fourth-order valence-electron chi connectivity index (χ4n) is 3.22. The number of fused-ring (bicyclic) bond motifs is 2. The maximum absolute atomic E-state index is 12.8. The maximum atomic E-state index is 12.8. The number of rotatable bonds is 3. The van der Waals surface area contributed by atoms with E-state index in [9.17, 15) is 28.2 Å². The number of carbonyl (C=O) groups excluding carboxylic acids is 2. The summed E-state index contributed by atoms with van der Waals surface area (Å²) in [5.41, 5.74) is -0.636. The fourth-order valence-corrected chi connectivity index (χ4v) is 4.27. The number of hydrogen-bond acceptors (Lipinski definition) is 7. The van der Waals surface area contributed by atoms with E-state index in [0.717, 1.165) is 6.07 Å². The lowest BCUT2D eigenvalue weighted by molar-refractivity contribution is 0.0976. The molecular weight excluding hydrogens is 408 g/mol. The minimum atomic E-state index is -4.22. The number of benzene rings is 3. The summed E-state index contributed by atoms with van der Waals surface area (Å²) in [6.07, 6.45) is 0. The molecule has 3 aromatic rings. The Hall–Kier alpha value is -4.16. The zero-order valence-corrected chi connectivity index (χ0v) is 15.9. The van der Waals surface area contributed by atoms with Gasteiger partial charge < -0.3 is 10.2 Å². The molecule has 3 N–H and O–H groups in total. The molecule has 0 atom stereocenters. The van der Waals surface area contributed by atoms with Gasteiger partial charge in [-0.2, -0.15) is 5.26 Å². The van der Waals surface area contributed by atoms with Gasteiger partial charge in [-0.15, -0.1) is 0 Å². The summed E-state index contributed by atoms with van der Waals surface area (Å²) < 4.78 is 27.4. The van der Waals surface area contributed by atoms with Crippen molar-refractivity contribution in [1.82, 2.24) is 0 Å². The van der Waals surface area contributed by atoms with Crippen molar-refractivity contribution in [3.05, 3.63) is 82.4 Å². The van der Waals surface area contributed by atoms with Crippen molar-refractivity contribution in [1.29, 1.82) is 5.26 Å². The minimum Gasteiger partial charge on any atom is -0.504 e. The van der Waals surface area contributed by atoms with Gasteiger partial charge in [0.2, 0.25) is 0 Å². The third-order valence-electron chi connectivity index (χ3n) is 4.70. The molecule has 0 fully saturated rings. The van der Waals surface area contributed by atoms with Gasteiger partial charge >= 0.3 is 0 Å². The van der Waals surface area contributed by atoms with Gasteiger partial charge in [-0.1, -0.05) is 24.3 Å². The average molecular weight is 420 g/mol. The first-order valence-corrected chi connectivity index (χ1v) is 10.0. The first-order chi connectivity index (χ1) is 14.2. The molecule has 0 amide bonds. The van der Waals surface area contributed by atoms with Gasteiger partial charge in [-0.25, -0.2) is 8.42 Å². The molecular formula is C21H12N2O6S. The zero-order valence-electron chi connectivity index (χ0n) is 15.1. The van der Waals surface area contributed by atoms with Crippen LogP contribution in [0.25, 0.3) is 0 Å². The molecule has 0 aliphatic heterocycles. The summed E-state index contributed by atoms with van der Waals surface area (Å²) >= 11 is 0. The van der Waals surface area contributed by atoms with E-state index in [-0.39, 0.29) is 27.1 Å². The summed E-state index contributed by atoms with van der Waals surface area (Å²) in [7, 11) is -4.22. The number of nitriles is 1. The number of nitrogens with one attached hydrogen (secondary N) is 1. The van der Waals surface area contributed by atoms with Crippen LogP contribution in [0.4, 0.5) is 5.69 Å². The Morgan fingerprint density at radius 1 is 0.833 bits per heavy atom. The summed E-state index contributed by atoms with van der Waals surface area (Å²) in [5.74, 6) is -3.02. The number of hydrogen-bond donors (Lipinski definition) is 3. The normalized spacial score (nSPS) is 12.6. The highest BCUT2D eigenvalue weighted by Gasteiger charge is 2.35. The Balaban J connectivity index is 1.82. The second-order valence-electron chi connectivity index (χ2n) is 6.49. The van der Waals surface area contributed by atoms with E-state index >= 15 is 0 Å². The van der Waals surface area contributed by atoms with Gasteiger partial charge in [-0.3, -0.25) is 14.3 Å². The predicted octanol–water partition coefficient (Wildman–Crippen LogP) is 2.55. The Kier molecular flexibility index (Phi) is 4.29. The Morgan fingerprint density at radius 2 is 1.43 bits per heavy atom. The molecule has 9 heteroatoms. The summed E-state index contributed by atoms with van der Waals surface area (Å²) in [5, 5.41) is 29.5. The highest BCUT2D eigenvalue weighted by molar-refractivity contribution is 7.92. The van der Waals surface area contributed by atoms with Crippen LogP contribution in [-0.4, -0.2) is 30.2 Å². The Labute approximate surface area is 170 Å². The van der Waals surface area contributed by atoms with E-state index in [0.29, 0.717) is 0 Å². The van der Waals surface area contributed by atoms with Crippen LogP contribution < -0.4 is 4.72 Å². The molecule has 0 spiro atoms. The van der Waals surface area contributed by atoms with Crippen LogP contribution in [0.1, 0.15) is 37.4 Å². The van der Waals surface area contributed by atoms with Crippen LogP contribution in [0.3, 0.4) is 0 Å². The molecule has 4 rings (SSSR count). The standard InChI is InChI=1S/C21H12N2O6S/c22-10-11-5-7-12(8-6-11)30(28,29)23-16-9-15-17(21(27)20(16)26)19(25)14-4-2-1-3-13(14)18(15)24/h1-9,23,26-27H. The quantitative estimate of drug-likeness (QED) is 0.432. The maximum Gasteiger partial charge on any atom is 0.262 e. The van der Waals surface area contributed by atoms with Crippen molar-refractivity contribution >= 4 is 27.3 Å². The molecule has 0 saturated heterocycles. The number of phenolic OH excluding ortho intramolecular Hbond substituents is 2. The largest absolute Gasteiger partial charge is 0.504 e. The Bertz CT molecular complexity index is 1390. The molecule has 0 aromatic heterocycles. The van der Waals surface area contributed by atoms with E-state index in [1.165, 1.54) is 36.4 Å². The second kappa shape index (κ2) is 6.72. The van der Waals surface area contributed by atoms with Crippen molar-refractivity contribution in [2.75, 3.05) is 4.72 Å². The molecule has 0 unspecified atom stereocenters. The lowest BCUT2D eigenvalue weighted by Crippen LogP contribution is -2.22. The SMILES string of the molecule is N#Cc1ccc(S(=O)(=O)Nc2cc3c(c(O)c2O)C(=O)c2ccccc2C3=O)cc1. The Morgan fingerprint density at radius 3 is 2.03 bits per heavy atom. The first kappa shape index (κ1) is 19.2. The zero-order chi connectivity index (χ0) is 21.6. The van der Waals surface area contributed by atoms with Crippen LogP contribution in [0, 0.1) is 11.3 Å². The molecule has 30 heavy (non-hydrogen) atoms. The number of sulfonamides is 1. The molecule has 1 aliphatic rings. The minimum absolute atomic E-state index is 0.0793. The molecule has 148 valence electrons. The monoisotopic (exact) mass is 420 g/mol. The van der Waals surface area contributed by atoms with Crippen molar-refractivity contribution < 1.29 is 28.2 Å². The number of ketones is 2. The molecule has 0 saturated carbocycles. The molecule has 0 bridgehead atoms. The van der Waals surface area contributed by atoms with Crippen LogP contribution in [0.15, 0.2) is 59.5 Å². The molecule has 1 aliphatic carbocycles. The lowest BCUT2D eigenvalue weighted by Gasteiger charge is -2.20. The van der Waals surface area contributed by atoms with Crippen LogP contribution in [-0.2, 0) is 10.0 Å². The number of aromatic hydroxyl groups is 2. The smallest absolute Gasteiger partial charge is 0.262 e. The van der Waals surface area contributed by atoms with Gasteiger partial charge in [0.05, 0.1) is 27.8 Å². The van der Waals surface area contributed by atoms with Crippen molar-refractivity contribution in [2.45, 2.75) is 4.90 Å². The summed E-state index contributed by atoms with van der Waals surface area (Å²) in [6, 6.07) is 13.9. The van der Waals surface area contributed by atoms with Crippen molar-refractivity contribution in [3.8, 4) is 17.6 Å². The van der Waals surface area contributed by atoms with E-state index in [4.69, 9.17) is 5.26 Å². The van der Waals surface area contributed by atoms with Crippen LogP contribution in [0.5, 0.6) is 11.5 Å². The van der Waals surface area contributed by atoms with E-state index < -0.39 is 44.3 Å².